The van der Waals surface area contributed by atoms with Gasteiger partial charge in [0, 0.05) is 18.0 Å². The number of carbonyl (C=O) groups is 1. The van der Waals surface area contributed by atoms with Gasteiger partial charge < -0.3 is 0 Å². The number of hydrazone groups is 1. The number of rotatable bonds is 5. The molecule has 0 bridgehead atoms. The van der Waals surface area contributed by atoms with Gasteiger partial charge in [-0.25, -0.2) is 15.1 Å². The predicted molar refractivity (Wildman–Crippen MR) is 127 cm³/mol. The second-order valence-electron chi connectivity index (χ2n) is 7.37. The van der Waals surface area contributed by atoms with E-state index in [1.54, 1.807) is 22.0 Å². The Morgan fingerprint density at radius 2 is 1.97 bits per heavy atom. The molecule has 0 aliphatic rings. The second kappa shape index (κ2) is 8.24. The van der Waals surface area contributed by atoms with E-state index in [0.29, 0.717) is 11.4 Å². The number of nitrogens with zero attached hydrogens (tertiary/aromatic N) is 5. The normalized spacial score (nSPS) is 11.4. The number of carbonyl (C=O) groups excluding carboxylic acids is 1. The third-order valence-electron chi connectivity index (χ3n) is 5.06. The highest BCUT2D eigenvalue weighted by molar-refractivity contribution is 7.13. The highest BCUT2D eigenvalue weighted by Gasteiger charge is 2.16. The predicted octanol–water partition coefficient (Wildman–Crippen LogP) is 4.63. The minimum Gasteiger partial charge on any atom is -0.295 e. The maximum absolute atomic E-state index is 12.9. The number of imidazole rings is 1. The number of hydrogen-bond acceptors (Lipinski definition) is 5. The molecule has 1 N–H and O–H groups in total. The van der Waals surface area contributed by atoms with E-state index in [1.807, 2.05) is 90.9 Å². The van der Waals surface area contributed by atoms with E-state index in [2.05, 4.69) is 15.5 Å². The van der Waals surface area contributed by atoms with E-state index >= 15 is 0 Å². The summed E-state index contributed by atoms with van der Waals surface area (Å²) in [4.78, 5) is 18.4. The molecule has 0 saturated heterocycles. The van der Waals surface area contributed by atoms with E-state index < -0.39 is 0 Å². The molecule has 158 valence electrons. The van der Waals surface area contributed by atoms with Crippen LogP contribution in [-0.2, 0) is 0 Å². The minimum absolute atomic E-state index is 0.316. The van der Waals surface area contributed by atoms with Gasteiger partial charge in [0.05, 0.1) is 22.5 Å². The van der Waals surface area contributed by atoms with Crippen LogP contribution in [-0.4, -0.2) is 31.3 Å². The zero-order valence-corrected chi connectivity index (χ0v) is 18.4. The van der Waals surface area contributed by atoms with Crippen molar-refractivity contribution in [2.45, 2.75) is 13.8 Å². The van der Waals surface area contributed by atoms with Gasteiger partial charge in [-0.05, 0) is 55.1 Å². The lowest BCUT2D eigenvalue weighted by Gasteiger charge is -2.02. The van der Waals surface area contributed by atoms with Crippen LogP contribution >= 0.6 is 11.3 Å². The molecule has 7 nitrogen and oxygen atoms in total. The fraction of sp³-hybridized carbons (Fsp3) is 0.0833. The van der Waals surface area contributed by atoms with Gasteiger partial charge in [0.15, 0.2) is 0 Å². The number of amides is 1. The third kappa shape index (κ3) is 3.72. The summed E-state index contributed by atoms with van der Waals surface area (Å²) < 4.78 is 3.59. The Bertz CT molecular complexity index is 1430. The molecular formula is C24H20N6OS. The second-order valence-corrected chi connectivity index (χ2v) is 8.32. The SMILES string of the molecule is Cc1ccn2c(C(=O)N/N=C/c3cn(-c4ccccc4)nc3-c3cccs3)c(C)nc2c1. The molecule has 1 amide bonds. The Morgan fingerprint density at radius 1 is 1.12 bits per heavy atom. The standard InChI is InChI=1S/C24H20N6OS/c1-16-10-11-29-21(13-16)26-17(2)23(29)24(31)27-25-14-18-15-30(19-7-4-3-5-8-19)28-22(18)20-9-6-12-32-20/h3-15H,1-2H3,(H,27,31)/b25-14+. The van der Waals surface area contributed by atoms with Crippen molar-refractivity contribution in [1.29, 1.82) is 0 Å². The molecule has 0 atom stereocenters. The molecular weight excluding hydrogens is 420 g/mol. The van der Waals surface area contributed by atoms with Crippen LogP contribution in [0, 0.1) is 13.8 Å². The van der Waals surface area contributed by atoms with Gasteiger partial charge in [-0.3, -0.25) is 9.20 Å². The van der Waals surface area contributed by atoms with Crippen molar-refractivity contribution < 1.29 is 4.79 Å². The van der Waals surface area contributed by atoms with Crippen molar-refractivity contribution in [3.63, 3.8) is 0 Å². The summed E-state index contributed by atoms with van der Waals surface area (Å²) in [6.07, 6.45) is 5.38. The van der Waals surface area contributed by atoms with E-state index in [-0.39, 0.29) is 5.91 Å². The van der Waals surface area contributed by atoms with Crippen molar-refractivity contribution in [2.24, 2.45) is 5.10 Å². The van der Waals surface area contributed by atoms with Gasteiger partial charge in [-0.2, -0.15) is 10.2 Å². The quantitative estimate of drug-likeness (QED) is 0.320. The van der Waals surface area contributed by atoms with Crippen LogP contribution in [0.25, 0.3) is 21.9 Å². The first-order valence-electron chi connectivity index (χ1n) is 10.1. The van der Waals surface area contributed by atoms with E-state index in [4.69, 9.17) is 5.10 Å². The fourth-order valence-corrected chi connectivity index (χ4v) is 4.28. The van der Waals surface area contributed by atoms with Crippen LogP contribution in [0.3, 0.4) is 0 Å². The number of para-hydroxylation sites is 1. The Balaban J connectivity index is 1.44. The summed E-state index contributed by atoms with van der Waals surface area (Å²) in [6, 6.07) is 17.8. The number of hydrogen-bond donors (Lipinski definition) is 1. The van der Waals surface area contributed by atoms with Crippen LogP contribution in [0.4, 0.5) is 0 Å². The molecule has 0 saturated carbocycles. The lowest BCUT2D eigenvalue weighted by molar-refractivity contribution is 0.0948. The summed E-state index contributed by atoms with van der Waals surface area (Å²) in [5, 5.41) is 11.0. The first kappa shape index (κ1) is 19.9. The Labute approximate surface area is 188 Å². The largest absolute Gasteiger partial charge is 0.295 e. The van der Waals surface area contributed by atoms with E-state index in [0.717, 1.165) is 33.0 Å². The molecule has 5 aromatic rings. The molecule has 1 aromatic carbocycles. The molecule has 4 aromatic heterocycles. The first-order chi connectivity index (χ1) is 15.6. The molecule has 32 heavy (non-hydrogen) atoms. The average molecular weight is 441 g/mol. The summed E-state index contributed by atoms with van der Waals surface area (Å²) in [6.45, 7) is 3.81. The summed E-state index contributed by atoms with van der Waals surface area (Å²) >= 11 is 1.60. The van der Waals surface area contributed by atoms with Gasteiger partial charge in [0.1, 0.15) is 17.0 Å². The van der Waals surface area contributed by atoms with Crippen LogP contribution in [0.5, 0.6) is 0 Å². The molecule has 0 aliphatic carbocycles. The number of nitrogens with one attached hydrogen (secondary N) is 1. The van der Waals surface area contributed by atoms with Gasteiger partial charge in [0.2, 0.25) is 0 Å². The maximum atomic E-state index is 12.9. The summed E-state index contributed by atoms with van der Waals surface area (Å²) in [5.41, 5.74) is 8.15. The van der Waals surface area contributed by atoms with Gasteiger partial charge >= 0.3 is 0 Å². The maximum Gasteiger partial charge on any atom is 0.290 e. The highest BCUT2D eigenvalue weighted by atomic mass is 32.1. The van der Waals surface area contributed by atoms with Gasteiger partial charge in [-0.1, -0.05) is 24.3 Å². The number of pyridine rings is 1. The van der Waals surface area contributed by atoms with Crippen molar-refractivity contribution in [2.75, 3.05) is 0 Å². The number of aromatic nitrogens is 4. The minimum atomic E-state index is -0.316. The number of benzene rings is 1. The highest BCUT2D eigenvalue weighted by Crippen LogP contribution is 2.26. The summed E-state index contributed by atoms with van der Waals surface area (Å²) in [7, 11) is 0. The zero-order valence-electron chi connectivity index (χ0n) is 17.6. The van der Waals surface area contributed by atoms with Crippen molar-refractivity contribution >= 4 is 29.1 Å². The Hall–Kier alpha value is -4.04. The van der Waals surface area contributed by atoms with Gasteiger partial charge in [-0.15, -0.1) is 11.3 Å². The number of fused-ring (bicyclic) bond motifs is 1. The lowest BCUT2D eigenvalue weighted by Crippen LogP contribution is -2.20. The van der Waals surface area contributed by atoms with Crippen molar-refractivity contribution in [3.05, 3.63) is 94.9 Å². The molecule has 0 radical (unpaired) electrons. The zero-order chi connectivity index (χ0) is 22.1. The Morgan fingerprint density at radius 3 is 2.75 bits per heavy atom. The van der Waals surface area contributed by atoms with Crippen LogP contribution in [0.15, 0.2) is 77.5 Å². The smallest absolute Gasteiger partial charge is 0.290 e. The molecule has 0 spiro atoms. The number of thiophene rings is 1. The number of aryl methyl sites for hydroxylation is 2. The third-order valence-corrected chi connectivity index (χ3v) is 5.94. The van der Waals surface area contributed by atoms with Gasteiger partial charge in [0.25, 0.3) is 5.91 Å². The average Bonchev–Trinajstić information content (AvgIpc) is 3.52. The van der Waals surface area contributed by atoms with Crippen LogP contribution in [0.2, 0.25) is 0 Å². The molecule has 8 heteroatoms. The lowest BCUT2D eigenvalue weighted by atomic mass is 10.2. The summed E-state index contributed by atoms with van der Waals surface area (Å²) in [5.74, 6) is -0.316. The topological polar surface area (TPSA) is 76.6 Å². The van der Waals surface area contributed by atoms with E-state index in [1.165, 1.54) is 0 Å². The van der Waals surface area contributed by atoms with Crippen LogP contribution < -0.4 is 5.43 Å². The Kier molecular flexibility index (Phi) is 5.12. The van der Waals surface area contributed by atoms with Crippen molar-refractivity contribution in [3.8, 4) is 16.3 Å². The van der Waals surface area contributed by atoms with E-state index in [9.17, 15) is 4.79 Å². The van der Waals surface area contributed by atoms with Crippen LogP contribution in [0.1, 0.15) is 27.3 Å². The molecule has 0 fully saturated rings. The fourth-order valence-electron chi connectivity index (χ4n) is 3.55. The monoisotopic (exact) mass is 440 g/mol. The first-order valence-corrected chi connectivity index (χ1v) is 11.0. The molecule has 0 unspecified atom stereocenters. The molecule has 4 heterocycles. The molecule has 0 aliphatic heterocycles. The molecule has 5 rings (SSSR count). The van der Waals surface area contributed by atoms with Crippen molar-refractivity contribution in [1.82, 2.24) is 24.6 Å².